The summed E-state index contributed by atoms with van der Waals surface area (Å²) in [5.74, 6) is 0.691. The first kappa shape index (κ1) is 19.2. The van der Waals surface area contributed by atoms with Crippen LogP contribution in [-0.4, -0.2) is 33.7 Å². The van der Waals surface area contributed by atoms with E-state index in [0.29, 0.717) is 18.8 Å². The molecule has 1 aliphatic heterocycles. The summed E-state index contributed by atoms with van der Waals surface area (Å²) >= 11 is 0. The van der Waals surface area contributed by atoms with E-state index in [4.69, 9.17) is 4.74 Å². The molecule has 0 unspecified atom stereocenters. The van der Waals surface area contributed by atoms with Gasteiger partial charge in [0.15, 0.2) is 0 Å². The predicted molar refractivity (Wildman–Crippen MR) is 111 cm³/mol. The van der Waals surface area contributed by atoms with Gasteiger partial charge in [0.05, 0.1) is 12.3 Å². The Morgan fingerprint density at radius 2 is 1.97 bits per heavy atom. The Labute approximate surface area is 170 Å². The van der Waals surface area contributed by atoms with E-state index < -0.39 is 0 Å². The fraction of sp³-hybridized carbons (Fsp3) is 0.348. The number of carbonyl (C=O) groups is 1. The zero-order valence-corrected chi connectivity index (χ0v) is 16.6. The van der Waals surface area contributed by atoms with Crippen LogP contribution in [0.2, 0.25) is 0 Å². The van der Waals surface area contributed by atoms with Gasteiger partial charge in [-0.1, -0.05) is 6.08 Å². The van der Waals surface area contributed by atoms with Crippen LogP contribution in [0.25, 0.3) is 11.3 Å². The molecule has 6 heteroatoms. The molecule has 0 radical (unpaired) electrons. The van der Waals surface area contributed by atoms with Gasteiger partial charge < -0.3 is 9.64 Å². The fourth-order valence-electron chi connectivity index (χ4n) is 3.88. The average molecular weight is 391 g/mol. The smallest absolute Gasteiger partial charge is 0.267 e. The molecular formula is C23H25N3O3. The van der Waals surface area contributed by atoms with Crippen LogP contribution in [0.3, 0.4) is 0 Å². The van der Waals surface area contributed by atoms with E-state index in [1.54, 1.807) is 6.07 Å². The molecular weight excluding hydrogens is 366 g/mol. The summed E-state index contributed by atoms with van der Waals surface area (Å²) in [6, 6.07) is 10.7. The van der Waals surface area contributed by atoms with Crippen molar-refractivity contribution in [3.63, 3.8) is 0 Å². The second kappa shape index (κ2) is 8.47. The second-order valence-electron chi connectivity index (χ2n) is 7.25. The Kier molecular flexibility index (Phi) is 5.60. The third-order valence-electron chi connectivity index (χ3n) is 5.32. The topological polar surface area (TPSA) is 64.4 Å². The molecule has 150 valence electrons. The van der Waals surface area contributed by atoms with Gasteiger partial charge in [-0.05, 0) is 74.6 Å². The summed E-state index contributed by atoms with van der Waals surface area (Å²) in [6.45, 7) is 3.17. The zero-order chi connectivity index (χ0) is 20.2. The maximum Gasteiger partial charge on any atom is 0.267 e. The minimum atomic E-state index is -0.279. The number of carbonyl (C=O) groups excluding carboxylic acids is 1. The zero-order valence-electron chi connectivity index (χ0n) is 16.6. The lowest BCUT2D eigenvalue weighted by Crippen LogP contribution is -2.39. The molecule has 4 rings (SSSR count). The molecule has 1 aliphatic carbocycles. The molecule has 2 aromatic rings. The van der Waals surface area contributed by atoms with Gasteiger partial charge in [0.2, 0.25) is 5.91 Å². The summed E-state index contributed by atoms with van der Waals surface area (Å²) in [5, 5.41) is 4.44. The van der Waals surface area contributed by atoms with Crippen LogP contribution in [0.5, 0.6) is 5.75 Å². The number of ether oxygens (including phenoxy) is 1. The van der Waals surface area contributed by atoms with Crippen molar-refractivity contribution in [1.82, 2.24) is 14.7 Å². The van der Waals surface area contributed by atoms with Gasteiger partial charge >= 0.3 is 0 Å². The number of hydrogen-bond donors (Lipinski definition) is 0. The van der Waals surface area contributed by atoms with Crippen LogP contribution < -0.4 is 10.3 Å². The molecule has 0 saturated carbocycles. The highest BCUT2D eigenvalue weighted by atomic mass is 16.5. The molecule has 2 aliphatic rings. The van der Waals surface area contributed by atoms with Crippen LogP contribution >= 0.6 is 0 Å². The lowest BCUT2D eigenvalue weighted by molar-refractivity contribution is -0.130. The van der Waals surface area contributed by atoms with Crippen molar-refractivity contribution in [2.24, 2.45) is 0 Å². The molecule has 0 saturated heterocycles. The largest absolute Gasteiger partial charge is 0.494 e. The summed E-state index contributed by atoms with van der Waals surface area (Å²) in [7, 11) is 0. The predicted octanol–water partition coefficient (Wildman–Crippen LogP) is 3.54. The molecule has 0 atom stereocenters. The van der Waals surface area contributed by atoms with Crippen molar-refractivity contribution in [2.45, 2.75) is 39.2 Å². The molecule has 1 aromatic heterocycles. The van der Waals surface area contributed by atoms with Gasteiger partial charge in [0.1, 0.15) is 12.3 Å². The number of hydrogen-bond acceptors (Lipinski definition) is 4. The van der Waals surface area contributed by atoms with Crippen molar-refractivity contribution in [1.29, 1.82) is 0 Å². The van der Waals surface area contributed by atoms with E-state index in [-0.39, 0.29) is 18.0 Å². The molecule has 6 nitrogen and oxygen atoms in total. The van der Waals surface area contributed by atoms with E-state index in [1.807, 2.05) is 42.2 Å². The van der Waals surface area contributed by atoms with Gasteiger partial charge in [-0.15, -0.1) is 0 Å². The highest BCUT2D eigenvalue weighted by Gasteiger charge is 2.25. The van der Waals surface area contributed by atoms with E-state index >= 15 is 0 Å². The van der Waals surface area contributed by atoms with Gasteiger partial charge in [-0.2, -0.15) is 5.10 Å². The van der Waals surface area contributed by atoms with Crippen molar-refractivity contribution in [3.05, 3.63) is 70.2 Å². The summed E-state index contributed by atoms with van der Waals surface area (Å²) < 4.78 is 6.73. The average Bonchev–Trinajstić information content (AvgIpc) is 2.75. The number of aromatic nitrogens is 2. The molecule has 29 heavy (non-hydrogen) atoms. The third-order valence-corrected chi connectivity index (χ3v) is 5.32. The molecule has 0 N–H and O–H groups in total. The van der Waals surface area contributed by atoms with E-state index in [2.05, 4.69) is 11.2 Å². The standard InChI is InChI=1S/C23H25N3O3/c1-2-29-19-11-9-17(10-12-19)20-13-14-22(27)26(24-20)16-23(28)25-15-5-7-18-6-3-4-8-21(18)25/h4,8-14H,2-3,5-7,15-16H2,1H3. The Morgan fingerprint density at radius 3 is 2.76 bits per heavy atom. The first-order valence-electron chi connectivity index (χ1n) is 10.2. The second-order valence-corrected chi connectivity index (χ2v) is 7.25. The van der Waals surface area contributed by atoms with Crippen molar-refractivity contribution >= 4 is 5.91 Å². The van der Waals surface area contributed by atoms with Crippen LogP contribution in [0.1, 0.15) is 32.6 Å². The lowest BCUT2D eigenvalue weighted by Gasteiger charge is -2.32. The van der Waals surface area contributed by atoms with E-state index in [0.717, 1.165) is 42.7 Å². The minimum absolute atomic E-state index is 0.0612. The SMILES string of the molecule is CCOc1ccc(-c2ccc(=O)n(CC(=O)N3CCCC4=C3C=CCC4)n2)cc1. The Bertz CT molecular complexity index is 1020. The molecule has 0 fully saturated rings. The van der Waals surface area contributed by atoms with Crippen molar-refractivity contribution in [2.75, 3.05) is 13.2 Å². The summed E-state index contributed by atoms with van der Waals surface area (Å²) in [4.78, 5) is 27.1. The van der Waals surface area contributed by atoms with Crippen molar-refractivity contribution < 1.29 is 9.53 Å². The minimum Gasteiger partial charge on any atom is -0.494 e. The normalized spacial score (nSPS) is 16.0. The maximum absolute atomic E-state index is 13.0. The summed E-state index contributed by atoms with van der Waals surface area (Å²) in [5.41, 5.74) is 3.60. The van der Waals surface area contributed by atoms with Gasteiger partial charge in [-0.25, -0.2) is 4.68 Å². The molecule has 0 spiro atoms. The highest BCUT2D eigenvalue weighted by Crippen LogP contribution is 2.30. The maximum atomic E-state index is 13.0. The first-order valence-corrected chi connectivity index (χ1v) is 10.2. The quantitative estimate of drug-likeness (QED) is 0.782. The van der Waals surface area contributed by atoms with Crippen LogP contribution in [0, 0.1) is 0 Å². The highest BCUT2D eigenvalue weighted by molar-refractivity contribution is 5.79. The Morgan fingerprint density at radius 1 is 1.14 bits per heavy atom. The monoisotopic (exact) mass is 391 g/mol. The number of benzene rings is 1. The van der Waals surface area contributed by atoms with Gasteiger partial charge in [-0.3, -0.25) is 9.59 Å². The van der Waals surface area contributed by atoms with Gasteiger partial charge in [0.25, 0.3) is 5.56 Å². The Balaban J connectivity index is 1.56. The molecule has 0 bridgehead atoms. The van der Waals surface area contributed by atoms with E-state index in [1.165, 1.54) is 16.3 Å². The molecule has 1 aromatic carbocycles. The van der Waals surface area contributed by atoms with Crippen molar-refractivity contribution in [3.8, 4) is 17.0 Å². The summed E-state index contributed by atoms with van der Waals surface area (Å²) in [6.07, 6.45) is 8.22. The number of allylic oxidation sites excluding steroid dienone is 3. The van der Waals surface area contributed by atoms with Crippen LogP contribution in [0.4, 0.5) is 0 Å². The first-order chi connectivity index (χ1) is 14.2. The van der Waals surface area contributed by atoms with Crippen LogP contribution in [-0.2, 0) is 11.3 Å². The molecule has 1 amide bonds. The number of rotatable bonds is 5. The molecule has 2 heterocycles. The number of amides is 1. The third kappa shape index (κ3) is 4.16. The lowest BCUT2D eigenvalue weighted by atomic mass is 9.94. The van der Waals surface area contributed by atoms with E-state index in [9.17, 15) is 9.59 Å². The number of nitrogens with zero attached hydrogens (tertiary/aromatic N) is 3. The fourth-order valence-corrected chi connectivity index (χ4v) is 3.88. The van der Waals surface area contributed by atoms with Crippen LogP contribution in [0.15, 0.2) is 64.6 Å². The van der Waals surface area contributed by atoms with Gasteiger partial charge in [0, 0.05) is 23.9 Å². The Hall–Kier alpha value is -3.15.